The Morgan fingerprint density at radius 1 is 0.929 bits per heavy atom. The number of rotatable bonds is 7. The van der Waals surface area contributed by atoms with E-state index in [1.54, 1.807) is 12.1 Å². The number of carbonyl (C=O) groups excluding carboxylic acids is 1. The number of nitrogens with one attached hydrogen (secondary N) is 1. The zero-order valence-electron chi connectivity index (χ0n) is 15.3. The van der Waals surface area contributed by atoms with Crippen LogP contribution in [-0.2, 0) is 11.2 Å². The fourth-order valence-corrected chi connectivity index (χ4v) is 2.67. The Bertz CT molecular complexity index is 990. The molecule has 138 valence electrons. The molecule has 0 heterocycles. The molecule has 3 aromatic carbocycles. The fourth-order valence-electron chi connectivity index (χ4n) is 2.67. The van der Waals surface area contributed by atoms with E-state index in [0.717, 1.165) is 16.9 Å². The normalized spacial score (nSPS) is 10.8. The second-order valence-electron chi connectivity index (χ2n) is 6.15. The first-order valence-electron chi connectivity index (χ1n) is 9.01. The van der Waals surface area contributed by atoms with Crippen molar-refractivity contribution in [3.8, 4) is 17.6 Å². The quantitative estimate of drug-likeness (QED) is 0.484. The van der Waals surface area contributed by atoms with Crippen molar-refractivity contribution in [2.75, 3.05) is 6.54 Å². The van der Waals surface area contributed by atoms with Crippen molar-refractivity contribution >= 4 is 12.0 Å². The Morgan fingerprint density at radius 3 is 2.32 bits per heavy atom. The van der Waals surface area contributed by atoms with Gasteiger partial charge < -0.3 is 10.1 Å². The molecule has 3 rings (SSSR count). The summed E-state index contributed by atoms with van der Waals surface area (Å²) in [5, 5.41) is 12.2. The summed E-state index contributed by atoms with van der Waals surface area (Å²) in [4.78, 5) is 12.3. The lowest BCUT2D eigenvalue weighted by atomic mass is 10.1. The highest BCUT2D eigenvalue weighted by molar-refractivity contribution is 6.01. The molecule has 0 bridgehead atoms. The minimum Gasteiger partial charge on any atom is -0.457 e. The summed E-state index contributed by atoms with van der Waals surface area (Å²) in [7, 11) is 0. The molecule has 0 saturated carbocycles. The van der Waals surface area contributed by atoms with Gasteiger partial charge in [-0.25, -0.2) is 0 Å². The van der Waals surface area contributed by atoms with Crippen molar-refractivity contribution < 1.29 is 9.53 Å². The number of para-hydroxylation sites is 1. The molecule has 0 aliphatic heterocycles. The van der Waals surface area contributed by atoms with Gasteiger partial charge in [0, 0.05) is 6.54 Å². The van der Waals surface area contributed by atoms with Crippen LogP contribution in [0.4, 0.5) is 0 Å². The average Bonchev–Trinajstić information content (AvgIpc) is 2.74. The maximum absolute atomic E-state index is 12.3. The van der Waals surface area contributed by atoms with E-state index >= 15 is 0 Å². The van der Waals surface area contributed by atoms with Gasteiger partial charge in [-0.15, -0.1) is 0 Å². The standard InChI is InChI=1S/C24H20N2O2/c25-18-21(24(27)26-15-14-19-8-3-1-4-9-19)16-20-10-7-13-23(17-20)28-22-11-5-2-6-12-22/h1-13,16-17H,14-15H2,(H,26,27)/b21-16+. The van der Waals surface area contributed by atoms with E-state index in [4.69, 9.17) is 4.74 Å². The molecule has 3 aromatic rings. The lowest BCUT2D eigenvalue weighted by Crippen LogP contribution is -2.26. The summed E-state index contributed by atoms with van der Waals surface area (Å²) in [5.41, 5.74) is 1.92. The Kier molecular flexibility index (Phi) is 6.59. The van der Waals surface area contributed by atoms with Crippen LogP contribution in [0.2, 0.25) is 0 Å². The summed E-state index contributed by atoms with van der Waals surface area (Å²) >= 11 is 0. The smallest absolute Gasteiger partial charge is 0.261 e. The molecule has 0 saturated heterocycles. The van der Waals surface area contributed by atoms with Gasteiger partial charge in [-0.1, -0.05) is 60.7 Å². The topological polar surface area (TPSA) is 62.1 Å². The maximum atomic E-state index is 12.3. The molecule has 4 heteroatoms. The average molecular weight is 368 g/mol. The Labute approximate surface area is 164 Å². The Hall–Kier alpha value is -3.84. The van der Waals surface area contributed by atoms with E-state index in [1.165, 1.54) is 0 Å². The highest BCUT2D eigenvalue weighted by Crippen LogP contribution is 2.22. The van der Waals surface area contributed by atoms with Gasteiger partial charge in [-0.3, -0.25) is 4.79 Å². The second kappa shape index (κ2) is 9.75. The molecule has 28 heavy (non-hydrogen) atoms. The fraction of sp³-hybridized carbons (Fsp3) is 0.0833. The minimum atomic E-state index is -0.382. The number of nitriles is 1. The summed E-state index contributed by atoms with van der Waals surface area (Å²) in [6.07, 6.45) is 2.28. The van der Waals surface area contributed by atoms with Crippen molar-refractivity contribution in [2.24, 2.45) is 0 Å². The molecule has 0 fully saturated rings. The maximum Gasteiger partial charge on any atom is 0.261 e. The van der Waals surface area contributed by atoms with Crippen molar-refractivity contribution in [2.45, 2.75) is 6.42 Å². The summed E-state index contributed by atoms with van der Waals surface area (Å²) in [6, 6.07) is 28.6. The van der Waals surface area contributed by atoms with Crippen LogP contribution in [0.3, 0.4) is 0 Å². The van der Waals surface area contributed by atoms with E-state index in [1.807, 2.05) is 84.9 Å². The first kappa shape index (κ1) is 18.9. The van der Waals surface area contributed by atoms with Gasteiger partial charge in [0.25, 0.3) is 5.91 Å². The zero-order chi connectivity index (χ0) is 19.6. The van der Waals surface area contributed by atoms with E-state index in [-0.39, 0.29) is 11.5 Å². The lowest BCUT2D eigenvalue weighted by molar-refractivity contribution is -0.117. The molecule has 0 spiro atoms. The van der Waals surface area contributed by atoms with Gasteiger partial charge in [0.2, 0.25) is 0 Å². The molecular formula is C24H20N2O2. The highest BCUT2D eigenvalue weighted by atomic mass is 16.5. The van der Waals surface area contributed by atoms with Crippen LogP contribution in [0.1, 0.15) is 11.1 Å². The molecule has 1 N–H and O–H groups in total. The van der Waals surface area contributed by atoms with Crippen LogP contribution in [0.5, 0.6) is 11.5 Å². The number of ether oxygens (including phenoxy) is 1. The van der Waals surface area contributed by atoms with Gasteiger partial charge in [0.05, 0.1) is 0 Å². The van der Waals surface area contributed by atoms with Crippen molar-refractivity contribution in [1.82, 2.24) is 5.32 Å². The van der Waals surface area contributed by atoms with Gasteiger partial charge in [-0.2, -0.15) is 5.26 Å². The Balaban J connectivity index is 1.64. The number of hydrogen-bond acceptors (Lipinski definition) is 3. The Morgan fingerprint density at radius 2 is 1.61 bits per heavy atom. The van der Waals surface area contributed by atoms with Crippen molar-refractivity contribution in [3.05, 3.63) is 102 Å². The van der Waals surface area contributed by atoms with Gasteiger partial charge >= 0.3 is 0 Å². The molecule has 4 nitrogen and oxygen atoms in total. The first-order valence-corrected chi connectivity index (χ1v) is 9.01. The van der Waals surface area contributed by atoms with E-state index in [9.17, 15) is 10.1 Å². The molecule has 0 atom stereocenters. The number of carbonyl (C=O) groups is 1. The zero-order valence-corrected chi connectivity index (χ0v) is 15.3. The molecule has 0 radical (unpaired) electrons. The van der Waals surface area contributed by atoms with E-state index < -0.39 is 0 Å². The van der Waals surface area contributed by atoms with E-state index in [2.05, 4.69) is 5.32 Å². The van der Waals surface area contributed by atoms with Crippen molar-refractivity contribution in [3.63, 3.8) is 0 Å². The number of hydrogen-bond donors (Lipinski definition) is 1. The van der Waals surface area contributed by atoms with Crippen LogP contribution in [0, 0.1) is 11.3 Å². The van der Waals surface area contributed by atoms with E-state index in [0.29, 0.717) is 18.7 Å². The van der Waals surface area contributed by atoms with Crippen LogP contribution in [-0.4, -0.2) is 12.5 Å². The molecule has 0 aliphatic carbocycles. The molecule has 1 amide bonds. The van der Waals surface area contributed by atoms with Crippen LogP contribution in [0.15, 0.2) is 90.5 Å². The lowest BCUT2D eigenvalue weighted by Gasteiger charge is -2.07. The highest BCUT2D eigenvalue weighted by Gasteiger charge is 2.09. The second-order valence-corrected chi connectivity index (χ2v) is 6.15. The molecule has 0 unspecified atom stereocenters. The van der Waals surface area contributed by atoms with Gasteiger partial charge in [-0.05, 0) is 47.9 Å². The van der Waals surface area contributed by atoms with Crippen LogP contribution in [0.25, 0.3) is 6.08 Å². The third-order valence-corrected chi connectivity index (χ3v) is 4.06. The van der Waals surface area contributed by atoms with Gasteiger partial charge in [0.15, 0.2) is 0 Å². The van der Waals surface area contributed by atoms with Gasteiger partial charge in [0.1, 0.15) is 23.1 Å². The SMILES string of the molecule is N#C/C(=C\c1cccc(Oc2ccccc2)c1)C(=O)NCCc1ccccc1. The predicted octanol–water partition coefficient (Wildman–Crippen LogP) is 4.74. The predicted molar refractivity (Wildman–Crippen MR) is 110 cm³/mol. The first-order chi connectivity index (χ1) is 13.7. The van der Waals surface area contributed by atoms with Crippen LogP contribution >= 0.6 is 0 Å². The van der Waals surface area contributed by atoms with Crippen LogP contribution < -0.4 is 10.1 Å². The summed E-state index contributed by atoms with van der Waals surface area (Å²) in [5.74, 6) is 0.984. The molecule has 0 aliphatic rings. The third kappa shape index (κ3) is 5.58. The molecule has 0 aromatic heterocycles. The minimum absolute atomic E-state index is 0.0601. The number of nitrogens with zero attached hydrogens (tertiary/aromatic N) is 1. The third-order valence-electron chi connectivity index (χ3n) is 4.06. The molecular weight excluding hydrogens is 348 g/mol. The monoisotopic (exact) mass is 368 g/mol. The number of amides is 1. The summed E-state index contributed by atoms with van der Waals surface area (Å²) < 4.78 is 5.80. The largest absolute Gasteiger partial charge is 0.457 e. The van der Waals surface area contributed by atoms with Crippen molar-refractivity contribution in [1.29, 1.82) is 5.26 Å². The number of benzene rings is 3. The summed E-state index contributed by atoms with van der Waals surface area (Å²) in [6.45, 7) is 0.471.